The van der Waals surface area contributed by atoms with Gasteiger partial charge in [0.25, 0.3) is 10.2 Å². The molecule has 0 saturated heterocycles. The molecule has 2 unspecified atom stereocenters. The Morgan fingerprint density at radius 2 is 2.00 bits per heavy atom. The van der Waals surface area contributed by atoms with Gasteiger partial charge in [-0.2, -0.15) is 12.7 Å². The van der Waals surface area contributed by atoms with Crippen LogP contribution in [0.15, 0.2) is 0 Å². The second-order valence-electron chi connectivity index (χ2n) is 6.06. The van der Waals surface area contributed by atoms with Crippen LogP contribution in [0.3, 0.4) is 0 Å². The lowest BCUT2D eigenvalue weighted by atomic mass is 10.1. The maximum Gasteiger partial charge on any atom is 0.279 e. The van der Waals surface area contributed by atoms with Gasteiger partial charge in [0.05, 0.1) is 0 Å². The lowest BCUT2D eigenvalue weighted by molar-refractivity contribution is 0.432. The van der Waals surface area contributed by atoms with Crippen molar-refractivity contribution < 1.29 is 8.42 Å². The van der Waals surface area contributed by atoms with E-state index in [4.69, 9.17) is 0 Å². The highest BCUT2D eigenvalue weighted by atomic mass is 32.2. The molecule has 1 rings (SSSR count). The Bertz CT molecular complexity index is 359. The molecular weight excluding hydrogens is 274 g/mol. The Kier molecular flexibility index (Phi) is 8.02. The van der Waals surface area contributed by atoms with Gasteiger partial charge in [0, 0.05) is 20.1 Å². The molecule has 1 saturated carbocycles. The van der Waals surface area contributed by atoms with Crippen molar-refractivity contribution in [3.8, 4) is 0 Å². The fourth-order valence-electron chi connectivity index (χ4n) is 2.69. The smallest absolute Gasteiger partial charge is 0.279 e. The summed E-state index contributed by atoms with van der Waals surface area (Å²) in [5, 5.41) is 3.28. The van der Waals surface area contributed by atoms with Gasteiger partial charge in [0.15, 0.2) is 0 Å². The highest BCUT2D eigenvalue weighted by molar-refractivity contribution is 7.87. The Labute approximate surface area is 124 Å². The molecule has 0 spiro atoms. The molecule has 6 heteroatoms. The van der Waals surface area contributed by atoms with Gasteiger partial charge in [-0.1, -0.05) is 20.3 Å². The third-order valence-electron chi connectivity index (χ3n) is 4.02. The maximum atomic E-state index is 12.1. The quantitative estimate of drug-likeness (QED) is 0.602. The highest BCUT2D eigenvalue weighted by Crippen LogP contribution is 2.29. The first kappa shape index (κ1) is 17.9. The third-order valence-corrected chi connectivity index (χ3v) is 5.56. The predicted octanol–water partition coefficient (Wildman–Crippen LogP) is 1.58. The first-order valence-electron chi connectivity index (χ1n) is 7.87. The van der Waals surface area contributed by atoms with Gasteiger partial charge in [-0.15, -0.1) is 0 Å². The summed E-state index contributed by atoms with van der Waals surface area (Å²) in [7, 11) is -1.65. The van der Waals surface area contributed by atoms with Crippen LogP contribution >= 0.6 is 0 Å². The fourth-order valence-corrected chi connectivity index (χ4v) is 3.73. The molecule has 0 heterocycles. The van der Waals surface area contributed by atoms with E-state index in [0.29, 0.717) is 19.0 Å². The summed E-state index contributed by atoms with van der Waals surface area (Å²) in [5.74, 6) is 1.26. The van der Waals surface area contributed by atoms with Gasteiger partial charge >= 0.3 is 0 Å². The molecule has 0 aliphatic heterocycles. The van der Waals surface area contributed by atoms with E-state index in [1.54, 1.807) is 7.05 Å². The molecule has 2 atom stereocenters. The maximum absolute atomic E-state index is 12.1. The van der Waals surface area contributed by atoms with E-state index in [-0.39, 0.29) is 0 Å². The third kappa shape index (κ3) is 6.52. The molecule has 5 nitrogen and oxygen atoms in total. The topological polar surface area (TPSA) is 61.4 Å². The zero-order valence-electron chi connectivity index (χ0n) is 13.2. The van der Waals surface area contributed by atoms with Crippen molar-refractivity contribution >= 4 is 10.2 Å². The van der Waals surface area contributed by atoms with Crippen LogP contribution < -0.4 is 10.0 Å². The first-order valence-corrected chi connectivity index (χ1v) is 9.31. The summed E-state index contributed by atoms with van der Waals surface area (Å²) in [6.07, 6.45) is 5.47. The molecule has 0 aromatic heterocycles. The molecule has 0 aromatic rings. The lowest BCUT2D eigenvalue weighted by Gasteiger charge is -2.19. The average molecular weight is 305 g/mol. The van der Waals surface area contributed by atoms with E-state index >= 15 is 0 Å². The molecule has 0 amide bonds. The summed E-state index contributed by atoms with van der Waals surface area (Å²) in [4.78, 5) is 0. The standard InChI is InChI=1S/C14H31N3O2S/c1-4-8-15-9-5-10-17(3)20(18,19)16-12-14-7-6-13(2)11-14/h13-16H,4-12H2,1-3H3. The van der Waals surface area contributed by atoms with Crippen LogP contribution in [-0.4, -0.2) is 45.9 Å². The lowest BCUT2D eigenvalue weighted by Crippen LogP contribution is -2.41. The minimum atomic E-state index is -3.30. The monoisotopic (exact) mass is 305 g/mol. The fraction of sp³-hybridized carbons (Fsp3) is 1.00. The van der Waals surface area contributed by atoms with Gasteiger partial charge in [0.1, 0.15) is 0 Å². The summed E-state index contributed by atoms with van der Waals surface area (Å²) in [5.41, 5.74) is 0. The Morgan fingerprint density at radius 1 is 1.25 bits per heavy atom. The number of hydrogen-bond acceptors (Lipinski definition) is 3. The number of hydrogen-bond donors (Lipinski definition) is 2. The van der Waals surface area contributed by atoms with Gasteiger partial charge in [0.2, 0.25) is 0 Å². The van der Waals surface area contributed by atoms with Gasteiger partial charge < -0.3 is 5.32 Å². The van der Waals surface area contributed by atoms with E-state index < -0.39 is 10.2 Å². The zero-order valence-corrected chi connectivity index (χ0v) is 14.0. The van der Waals surface area contributed by atoms with Crippen molar-refractivity contribution in [1.82, 2.24) is 14.3 Å². The van der Waals surface area contributed by atoms with Gasteiger partial charge in [-0.3, -0.25) is 0 Å². The molecule has 0 aromatic carbocycles. The zero-order chi connectivity index (χ0) is 15.0. The van der Waals surface area contributed by atoms with Crippen molar-refractivity contribution in [3.63, 3.8) is 0 Å². The molecular formula is C14H31N3O2S. The van der Waals surface area contributed by atoms with Crippen molar-refractivity contribution in [2.45, 2.75) is 46.0 Å². The van der Waals surface area contributed by atoms with Crippen molar-refractivity contribution in [2.75, 3.05) is 33.2 Å². The Balaban J connectivity index is 2.21. The highest BCUT2D eigenvalue weighted by Gasteiger charge is 2.24. The van der Waals surface area contributed by atoms with Crippen LogP contribution in [-0.2, 0) is 10.2 Å². The van der Waals surface area contributed by atoms with Crippen molar-refractivity contribution in [3.05, 3.63) is 0 Å². The van der Waals surface area contributed by atoms with E-state index in [9.17, 15) is 8.42 Å². The summed E-state index contributed by atoms with van der Waals surface area (Å²) < 4.78 is 28.3. The normalized spacial score (nSPS) is 23.6. The minimum absolute atomic E-state index is 0.513. The van der Waals surface area contributed by atoms with E-state index in [1.807, 2.05) is 0 Å². The average Bonchev–Trinajstić information content (AvgIpc) is 2.82. The number of rotatable bonds is 10. The van der Waals surface area contributed by atoms with Crippen LogP contribution in [0.25, 0.3) is 0 Å². The molecule has 1 aliphatic carbocycles. The SMILES string of the molecule is CCCNCCCN(C)S(=O)(=O)NCC1CCC(C)C1. The molecule has 0 radical (unpaired) electrons. The van der Waals surface area contributed by atoms with Crippen LogP contribution in [0, 0.1) is 11.8 Å². The van der Waals surface area contributed by atoms with Gasteiger partial charge in [-0.25, -0.2) is 4.72 Å². The molecule has 0 bridgehead atoms. The number of nitrogens with zero attached hydrogens (tertiary/aromatic N) is 1. The summed E-state index contributed by atoms with van der Waals surface area (Å²) >= 11 is 0. The Hall–Kier alpha value is -0.170. The van der Waals surface area contributed by atoms with Crippen molar-refractivity contribution in [2.24, 2.45) is 11.8 Å². The molecule has 1 aliphatic rings. The van der Waals surface area contributed by atoms with Crippen LogP contribution in [0.5, 0.6) is 0 Å². The molecule has 1 fully saturated rings. The molecule has 2 N–H and O–H groups in total. The van der Waals surface area contributed by atoms with E-state index in [1.165, 1.54) is 10.7 Å². The van der Waals surface area contributed by atoms with E-state index in [0.717, 1.165) is 44.7 Å². The van der Waals surface area contributed by atoms with Gasteiger partial charge in [-0.05, 0) is 50.6 Å². The summed E-state index contributed by atoms with van der Waals surface area (Å²) in [6.45, 7) is 7.38. The second kappa shape index (κ2) is 8.97. The first-order chi connectivity index (χ1) is 9.45. The van der Waals surface area contributed by atoms with Crippen LogP contribution in [0.1, 0.15) is 46.0 Å². The minimum Gasteiger partial charge on any atom is -0.317 e. The Morgan fingerprint density at radius 3 is 2.60 bits per heavy atom. The predicted molar refractivity (Wildman–Crippen MR) is 83.8 cm³/mol. The summed E-state index contributed by atoms with van der Waals surface area (Å²) in [6, 6.07) is 0. The van der Waals surface area contributed by atoms with Crippen LogP contribution in [0.2, 0.25) is 0 Å². The largest absolute Gasteiger partial charge is 0.317 e. The second-order valence-corrected chi connectivity index (χ2v) is 7.92. The molecule has 120 valence electrons. The molecule has 20 heavy (non-hydrogen) atoms. The number of nitrogens with one attached hydrogen (secondary N) is 2. The van der Waals surface area contributed by atoms with Crippen molar-refractivity contribution in [1.29, 1.82) is 0 Å². The van der Waals surface area contributed by atoms with Crippen LogP contribution in [0.4, 0.5) is 0 Å². The van der Waals surface area contributed by atoms with E-state index in [2.05, 4.69) is 23.9 Å².